The Kier molecular flexibility index (Phi) is 6.62. The number of pyridine rings is 1. The van der Waals surface area contributed by atoms with Crippen LogP contribution in [0.4, 0.5) is 29.0 Å². The molecule has 1 saturated heterocycles. The monoisotopic (exact) mass is 466 g/mol. The number of para-hydroxylation sites is 1. The second kappa shape index (κ2) is 9.60. The van der Waals surface area contributed by atoms with Crippen molar-refractivity contribution in [2.75, 3.05) is 42.7 Å². The molecule has 1 aliphatic rings. The fraction of sp³-hybridized carbons (Fsp3) is 0.304. The van der Waals surface area contributed by atoms with Crippen molar-refractivity contribution in [2.45, 2.75) is 19.4 Å². The van der Waals surface area contributed by atoms with Gasteiger partial charge in [-0.1, -0.05) is 23.7 Å². The number of nitrogens with zero attached hydrogens (tertiary/aromatic N) is 5. The standard InChI is InChI=1S/C23H27ClN8O/c1-14-18(8-9-20(27-14)32-11-10-15(13-32)31(2)3)29-23-26-12-17(24)22(30-23)28-19-7-5-4-6-16(19)21(25)33/h4-9,12,15H,10-11,13H2,1-3H3,(H2,25,33)(H2,26,28,29,30)/t15-/m0/s1. The smallest absolute Gasteiger partial charge is 0.250 e. The summed E-state index contributed by atoms with van der Waals surface area (Å²) in [4.78, 5) is 29.8. The van der Waals surface area contributed by atoms with Crippen molar-refractivity contribution in [1.82, 2.24) is 19.9 Å². The highest BCUT2D eigenvalue weighted by Crippen LogP contribution is 2.28. The van der Waals surface area contributed by atoms with Crippen LogP contribution in [0.5, 0.6) is 0 Å². The van der Waals surface area contributed by atoms with Crippen LogP contribution in [0.3, 0.4) is 0 Å². The number of primary amides is 1. The van der Waals surface area contributed by atoms with E-state index >= 15 is 0 Å². The Bertz CT molecular complexity index is 1170. The molecule has 1 atom stereocenters. The number of aryl methyl sites for hydroxylation is 1. The number of amides is 1. The van der Waals surface area contributed by atoms with Crippen LogP contribution in [0.2, 0.25) is 5.02 Å². The maximum atomic E-state index is 11.7. The predicted molar refractivity (Wildman–Crippen MR) is 132 cm³/mol. The minimum atomic E-state index is -0.543. The van der Waals surface area contributed by atoms with E-state index in [-0.39, 0.29) is 0 Å². The van der Waals surface area contributed by atoms with Crippen molar-refractivity contribution in [1.29, 1.82) is 0 Å². The Balaban J connectivity index is 1.51. The number of carbonyl (C=O) groups excluding carboxylic acids is 1. The van der Waals surface area contributed by atoms with Gasteiger partial charge in [-0.25, -0.2) is 9.97 Å². The molecule has 0 aliphatic carbocycles. The molecule has 3 aromatic rings. The molecular formula is C23H27ClN8O. The fourth-order valence-electron chi connectivity index (χ4n) is 3.80. The molecule has 1 aliphatic heterocycles. The van der Waals surface area contributed by atoms with Crippen molar-refractivity contribution in [2.24, 2.45) is 5.73 Å². The minimum absolute atomic E-state index is 0.314. The molecule has 0 unspecified atom stereocenters. The van der Waals surface area contributed by atoms with Crippen molar-refractivity contribution in [3.8, 4) is 0 Å². The minimum Gasteiger partial charge on any atom is -0.366 e. The van der Waals surface area contributed by atoms with Gasteiger partial charge >= 0.3 is 0 Å². The van der Waals surface area contributed by atoms with Crippen molar-refractivity contribution in [3.05, 3.63) is 58.9 Å². The highest BCUT2D eigenvalue weighted by atomic mass is 35.5. The van der Waals surface area contributed by atoms with E-state index in [1.807, 2.05) is 19.1 Å². The fourth-order valence-corrected chi connectivity index (χ4v) is 3.94. The number of benzene rings is 1. The summed E-state index contributed by atoms with van der Waals surface area (Å²) in [5.41, 5.74) is 7.96. The largest absolute Gasteiger partial charge is 0.366 e. The molecule has 0 bridgehead atoms. The predicted octanol–water partition coefficient (Wildman–Crippen LogP) is 3.56. The number of rotatable bonds is 7. The molecule has 4 rings (SSSR count). The highest BCUT2D eigenvalue weighted by Gasteiger charge is 2.25. The Morgan fingerprint density at radius 1 is 1.15 bits per heavy atom. The molecule has 10 heteroatoms. The lowest BCUT2D eigenvalue weighted by Crippen LogP contribution is -2.31. The molecule has 0 radical (unpaired) electrons. The number of aromatic nitrogens is 3. The third-order valence-corrected chi connectivity index (χ3v) is 6.00. The summed E-state index contributed by atoms with van der Waals surface area (Å²) >= 11 is 6.29. The summed E-state index contributed by atoms with van der Waals surface area (Å²) < 4.78 is 0. The van der Waals surface area contributed by atoms with E-state index in [1.165, 1.54) is 6.20 Å². The Labute approximate surface area is 198 Å². The summed E-state index contributed by atoms with van der Waals surface area (Å²) in [7, 11) is 4.23. The number of anilines is 5. The Morgan fingerprint density at radius 2 is 1.94 bits per heavy atom. The van der Waals surface area contributed by atoms with E-state index in [1.54, 1.807) is 24.3 Å². The number of likely N-dealkylation sites (N-methyl/N-ethyl adjacent to an activating group) is 1. The van der Waals surface area contributed by atoms with E-state index in [0.717, 1.165) is 36.7 Å². The van der Waals surface area contributed by atoms with Gasteiger partial charge in [0.25, 0.3) is 5.91 Å². The lowest BCUT2D eigenvalue weighted by Gasteiger charge is -2.21. The molecule has 0 spiro atoms. The summed E-state index contributed by atoms with van der Waals surface area (Å²) in [6, 6.07) is 11.4. The van der Waals surface area contributed by atoms with Crippen molar-refractivity contribution >= 4 is 46.5 Å². The van der Waals surface area contributed by atoms with Gasteiger partial charge in [0.1, 0.15) is 10.8 Å². The van der Waals surface area contributed by atoms with Crippen LogP contribution < -0.4 is 21.3 Å². The topological polar surface area (TPSA) is 112 Å². The van der Waals surface area contributed by atoms with Crippen LogP contribution in [0, 0.1) is 6.92 Å². The average Bonchev–Trinajstić information content (AvgIpc) is 3.28. The van der Waals surface area contributed by atoms with Crippen LogP contribution in [0.15, 0.2) is 42.6 Å². The zero-order chi connectivity index (χ0) is 23.5. The molecule has 1 fully saturated rings. The van der Waals surface area contributed by atoms with Gasteiger partial charge in [-0.05, 0) is 51.7 Å². The number of hydrogen-bond acceptors (Lipinski definition) is 8. The highest BCUT2D eigenvalue weighted by molar-refractivity contribution is 6.33. The first kappa shape index (κ1) is 22.8. The summed E-state index contributed by atoms with van der Waals surface area (Å²) in [5.74, 6) is 1.13. The van der Waals surface area contributed by atoms with Gasteiger partial charge in [0.05, 0.1) is 28.8 Å². The number of halogens is 1. The molecule has 1 aromatic carbocycles. The zero-order valence-corrected chi connectivity index (χ0v) is 19.6. The molecule has 172 valence electrons. The summed E-state index contributed by atoms with van der Waals surface area (Å²) in [6.45, 7) is 3.90. The maximum Gasteiger partial charge on any atom is 0.250 e. The van der Waals surface area contributed by atoms with Crippen molar-refractivity contribution in [3.63, 3.8) is 0 Å². The van der Waals surface area contributed by atoms with Crippen LogP contribution in [0.1, 0.15) is 22.5 Å². The van der Waals surface area contributed by atoms with Crippen LogP contribution >= 0.6 is 11.6 Å². The van der Waals surface area contributed by atoms with Crippen LogP contribution in [-0.2, 0) is 0 Å². The first-order chi connectivity index (χ1) is 15.8. The van der Waals surface area contributed by atoms with E-state index < -0.39 is 5.91 Å². The quantitative estimate of drug-likeness (QED) is 0.484. The molecule has 4 N–H and O–H groups in total. The molecule has 1 amide bonds. The Morgan fingerprint density at radius 3 is 2.64 bits per heavy atom. The lowest BCUT2D eigenvalue weighted by molar-refractivity contribution is 0.100. The second-order valence-corrected chi connectivity index (χ2v) is 8.61. The number of carbonyl (C=O) groups is 1. The number of nitrogens with two attached hydrogens (primary N) is 1. The van der Waals surface area contributed by atoms with Gasteiger partial charge in [-0.3, -0.25) is 4.79 Å². The van der Waals surface area contributed by atoms with E-state index in [9.17, 15) is 4.79 Å². The number of nitrogens with one attached hydrogen (secondary N) is 2. The summed E-state index contributed by atoms with van der Waals surface area (Å²) in [6.07, 6.45) is 2.62. The lowest BCUT2D eigenvalue weighted by atomic mass is 10.1. The molecule has 3 heterocycles. The van der Waals surface area contributed by atoms with Gasteiger partial charge in [-0.15, -0.1) is 0 Å². The van der Waals surface area contributed by atoms with Gasteiger partial charge in [-0.2, -0.15) is 4.98 Å². The average molecular weight is 467 g/mol. The zero-order valence-electron chi connectivity index (χ0n) is 18.8. The van der Waals surface area contributed by atoms with Crippen LogP contribution in [0.25, 0.3) is 0 Å². The molecule has 2 aromatic heterocycles. The Hall–Kier alpha value is -3.43. The van der Waals surface area contributed by atoms with Gasteiger partial charge in [0.15, 0.2) is 5.82 Å². The SMILES string of the molecule is Cc1nc(N2CC[C@H](N(C)C)C2)ccc1Nc1ncc(Cl)c(Nc2ccccc2C(N)=O)n1. The maximum absolute atomic E-state index is 11.7. The first-order valence-corrected chi connectivity index (χ1v) is 11.0. The van der Waals surface area contributed by atoms with E-state index in [0.29, 0.717) is 34.1 Å². The van der Waals surface area contributed by atoms with Gasteiger partial charge < -0.3 is 26.2 Å². The van der Waals surface area contributed by atoms with E-state index in [4.69, 9.17) is 22.3 Å². The molecule has 9 nitrogen and oxygen atoms in total. The van der Waals surface area contributed by atoms with Crippen LogP contribution in [-0.4, -0.2) is 59.0 Å². The first-order valence-electron chi connectivity index (χ1n) is 10.7. The van der Waals surface area contributed by atoms with Gasteiger partial charge in [0.2, 0.25) is 5.95 Å². The van der Waals surface area contributed by atoms with Gasteiger partial charge in [0, 0.05) is 19.1 Å². The van der Waals surface area contributed by atoms with Crippen molar-refractivity contribution < 1.29 is 4.79 Å². The third-order valence-electron chi connectivity index (χ3n) is 5.72. The summed E-state index contributed by atoms with van der Waals surface area (Å²) in [5, 5.41) is 6.59. The molecule has 0 saturated carbocycles. The number of hydrogen-bond donors (Lipinski definition) is 3. The molecular weight excluding hydrogens is 440 g/mol. The van der Waals surface area contributed by atoms with E-state index in [2.05, 4.69) is 44.5 Å². The molecule has 33 heavy (non-hydrogen) atoms. The third kappa shape index (κ3) is 5.15. The normalized spacial score (nSPS) is 15.7. The second-order valence-electron chi connectivity index (χ2n) is 8.20.